The summed E-state index contributed by atoms with van der Waals surface area (Å²) < 4.78 is 0. The second-order valence-corrected chi connectivity index (χ2v) is 3.64. The molecule has 3 nitrogen and oxygen atoms in total. The Hall–Kier alpha value is -0.860. The summed E-state index contributed by atoms with van der Waals surface area (Å²) in [5.74, 6) is -0.734. The summed E-state index contributed by atoms with van der Waals surface area (Å²) in [5.41, 5.74) is -0.767. The molecule has 0 aromatic rings. The van der Waals surface area contributed by atoms with E-state index in [-0.39, 0.29) is 18.1 Å². The van der Waals surface area contributed by atoms with Gasteiger partial charge in [-0.2, -0.15) is 0 Å². The van der Waals surface area contributed by atoms with Gasteiger partial charge in [0.25, 0.3) is 0 Å². The van der Waals surface area contributed by atoms with E-state index < -0.39 is 11.4 Å². The van der Waals surface area contributed by atoms with E-state index in [1.54, 1.807) is 0 Å². The van der Waals surface area contributed by atoms with Gasteiger partial charge in [-0.25, -0.2) is 0 Å². The van der Waals surface area contributed by atoms with Gasteiger partial charge in [0.15, 0.2) is 0 Å². The van der Waals surface area contributed by atoms with Crippen LogP contribution in [0.5, 0.6) is 0 Å². The van der Waals surface area contributed by atoms with Gasteiger partial charge in [-0.1, -0.05) is 13.8 Å². The Balaban J connectivity index is 2.94. The van der Waals surface area contributed by atoms with Crippen LogP contribution >= 0.6 is 0 Å². The summed E-state index contributed by atoms with van der Waals surface area (Å²) in [4.78, 5) is 22.0. The van der Waals surface area contributed by atoms with Crippen LogP contribution in [0.3, 0.4) is 0 Å². The number of carbonyl (C=O) groups is 2. The molecule has 68 valence electrons. The van der Waals surface area contributed by atoms with Crippen molar-refractivity contribution >= 4 is 11.8 Å². The third-order valence-electron chi connectivity index (χ3n) is 3.05. The number of aliphatic carboxylic acids is 1. The Kier molecular flexibility index (Phi) is 2.22. The standard InChI is InChI=1S/C9H14O3/c1-3-9(8(11)12)5-7(10)4-6(9)2/h6H,3-5H2,1-2H3,(H,11,12)/t6-,9+/m1/s1. The van der Waals surface area contributed by atoms with Crippen molar-refractivity contribution in [3.05, 3.63) is 0 Å². The Morgan fingerprint density at radius 3 is 2.50 bits per heavy atom. The van der Waals surface area contributed by atoms with Crippen LogP contribution in [0.4, 0.5) is 0 Å². The van der Waals surface area contributed by atoms with Crippen LogP contribution in [0, 0.1) is 11.3 Å². The number of carboxylic acid groups (broad SMARTS) is 1. The number of rotatable bonds is 2. The van der Waals surface area contributed by atoms with Crippen molar-refractivity contribution in [3.63, 3.8) is 0 Å². The maximum absolute atomic E-state index is 11.1. The van der Waals surface area contributed by atoms with Crippen molar-refractivity contribution in [1.29, 1.82) is 0 Å². The average Bonchev–Trinajstić information content (AvgIpc) is 2.26. The lowest BCUT2D eigenvalue weighted by molar-refractivity contribution is -0.151. The van der Waals surface area contributed by atoms with Crippen molar-refractivity contribution in [3.8, 4) is 0 Å². The number of carbonyl (C=O) groups excluding carboxylic acids is 1. The zero-order chi connectivity index (χ0) is 9.35. The molecule has 1 N–H and O–H groups in total. The molecule has 0 bridgehead atoms. The second-order valence-electron chi connectivity index (χ2n) is 3.64. The van der Waals surface area contributed by atoms with Gasteiger partial charge in [0.2, 0.25) is 0 Å². The fourth-order valence-electron chi connectivity index (χ4n) is 2.05. The zero-order valence-corrected chi connectivity index (χ0v) is 7.46. The predicted molar refractivity (Wildman–Crippen MR) is 43.8 cm³/mol. The molecule has 2 atom stereocenters. The van der Waals surface area contributed by atoms with E-state index in [0.29, 0.717) is 12.8 Å². The minimum absolute atomic E-state index is 0.00694. The Bertz CT molecular complexity index is 222. The largest absolute Gasteiger partial charge is 0.481 e. The van der Waals surface area contributed by atoms with E-state index in [4.69, 9.17) is 5.11 Å². The van der Waals surface area contributed by atoms with Gasteiger partial charge in [0.05, 0.1) is 5.41 Å². The van der Waals surface area contributed by atoms with Crippen LogP contribution < -0.4 is 0 Å². The van der Waals surface area contributed by atoms with Crippen LogP contribution in [0.25, 0.3) is 0 Å². The number of ketones is 1. The maximum atomic E-state index is 11.1. The van der Waals surface area contributed by atoms with E-state index >= 15 is 0 Å². The fourth-order valence-corrected chi connectivity index (χ4v) is 2.05. The number of hydrogen-bond donors (Lipinski definition) is 1. The first kappa shape index (κ1) is 9.23. The van der Waals surface area contributed by atoms with Crippen molar-refractivity contribution in [2.45, 2.75) is 33.1 Å². The van der Waals surface area contributed by atoms with Gasteiger partial charge in [-0.05, 0) is 12.3 Å². The summed E-state index contributed by atoms with van der Waals surface area (Å²) in [7, 11) is 0. The molecule has 12 heavy (non-hydrogen) atoms. The highest BCUT2D eigenvalue weighted by atomic mass is 16.4. The molecule has 0 heterocycles. The van der Waals surface area contributed by atoms with Crippen molar-refractivity contribution in [2.75, 3.05) is 0 Å². The SMILES string of the molecule is CC[C@]1(C(=O)O)CC(=O)C[C@H]1C. The summed E-state index contributed by atoms with van der Waals surface area (Å²) in [5, 5.41) is 9.00. The lowest BCUT2D eigenvalue weighted by Gasteiger charge is -2.26. The quantitative estimate of drug-likeness (QED) is 0.682. The fraction of sp³-hybridized carbons (Fsp3) is 0.778. The molecule has 0 radical (unpaired) electrons. The van der Waals surface area contributed by atoms with E-state index in [1.807, 2.05) is 13.8 Å². The van der Waals surface area contributed by atoms with Gasteiger partial charge >= 0.3 is 5.97 Å². The second kappa shape index (κ2) is 2.88. The lowest BCUT2D eigenvalue weighted by atomic mass is 9.77. The van der Waals surface area contributed by atoms with Gasteiger partial charge in [-0.15, -0.1) is 0 Å². The van der Waals surface area contributed by atoms with E-state index in [2.05, 4.69) is 0 Å². The molecule has 1 aliphatic rings. The molecule has 0 aliphatic heterocycles. The molecule has 3 heteroatoms. The molecule has 0 aromatic heterocycles. The first-order valence-electron chi connectivity index (χ1n) is 4.28. The average molecular weight is 170 g/mol. The van der Waals surface area contributed by atoms with E-state index in [9.17, 15) is 9.59 Å². The van der Waals surface area contributed by atoms with E-state index in [1.165, 1.54) is 0 Å². The number of hydrogen-bond acceptors (Lipinski definition) is 2. The van der Waals surface area contributed by atoms with Crippen LogP contribution in [0.2, 0.25) is 0 Å². The Labute approximate surface area is 71.8 Å². The zero-order valence-electron chi connectivity index (χ0n) is 7.46. The first-order valence-corrected chi connectivity index (χ1v) is 4.28. The molecule has 0 aromatic carbocycles. The third-order valence-corrected chi connectivity index (χ3v) is 3.05. The lowest BCUT2D eigenvalue weighted by Crippen LogP contribution is -2.32. The molecule has 0 saturated heterocycles. The minimum Gasteiger partial charge on any atom is -0.481 e. The van der Waals surface area contributed by atoms with Crippen molar-refractivity contribution < 1.29 is 14.7 Å². The predicted octanol–water partition coefficient (Wildman–Crippen LogP) is 1.47. The van der Waals surface area contributed by atoms with Crippen molar-refractivity contribution in [1.82, 2.24) is 0 Å². The highest BCUT2D eigenvalue weighted by Gasteiger charge is 2.49. The molecular formula is C9H14O3. The summed E-state index contributed by atoms with van der Waals surface area (Å²) >= 11 is 0. The smallest absolute Gasteiger partial charge is 0.310 e. The highest BCUT2D eigenvalue weighted by Crippen LogP contribution is 2.43. The van der Waals surface area contributed by atoms with Gasteiger partial charge in [0, 0.05) is 12.8 Å². The molecule has 0 amide bonds. The summed E-state index contributed by atoms with van der Waals surface area (Å²) in [6, 6.07) is 0. The molecule has 1 saturated carbocycles. The maximum Gasteiger partial charge on any atom is 0.310 e. The van der Waals surface area contributed by atoms with Crippen LogP contribution in [0.15, 0.2) is 0 Å². The molecule has 0 spiro atoms. The minimum atomic E-state index is -0.816. The Morgan fingerprint density at radius 1 is 1.75 bits per heavy atom. The normalized spacial score (nSPS) is 35.5. The highest BCUT2D eigenvalue weighted by molar-refractivity contribution is 5.90. The van der Waals surface area contributed by atoms with Crippen LogP contribution in [-0.4, -0.2) is 16.9 Å². The van der Waals surface area contributed by atoms with Gasteiger partial charge in [-0.3, -0.25) is 9.59 Å². The first-order chi connectivity index (χ1) is 5.53. The monoisotopic (exact) mass is 170 g/mol. The molecule has 1 fully saturated rings. The Morgan fingerprint density at radius 2 is 2.33 bits per heavy atom. The third kappa shape index (κ3) is 1.13. The van der Waals surface area contributed by atoms with Gasteiger partial charge < -0.3 is 5.11 Å². The molecule has 1 aliphatic carbocycles. The van der Waals surface area contributed by atoms with Gasteiger partial charge in [0.1, 0.15) is 5.78 Å². The summed E-state index contributed by atoms with van der Waals surface area (Å²) in [6.45, 7) is 3.69. The van der Waals surface area contributed by atoms with Crippen molar-refractivity contribution in [2.24, 2.45) is 11.3 Å². The number of Topliss-reactive ketones (excluding diaryl/α,β-unsaturated/α-hetero) is 1. The summed E-state index contributed by atoms with van der Waals surface area (Å²) in [6.07, 6.45) is 1.20. The van der Waals surface area contributed by atoms with Crippen LogP contribution in [0.1, 0.15) is 33.1 Å². The molecular weight excluding hydrogens is 156 g/mol. The molecule has 1 rings (SSSR count). The topological polar surface area (TPSA) is 54.4 Å². The molecule has 0 unspecified atom stereocenters. The van der Waals surface area contributed by atoms with Crippen LogP contribution in [-0.2, 0) is 9.59 Å². The van der Waals surface area contributed by atoms with E-state index in [0.717, 1.165) is 0 Å². The number of carboxylic acids is 1.